The molecule has 2 aliphatic rings. The number of amides is 3. The molecule has 3 amide bonds. The Morgan fingerprint density at radius 3 is 2.48 bits per heavy atom. The average molecular weight is 313 g/mol. The van der Waals surface area contributed by atoms with E-state index in [1.807, 2.05) is 6.07 Å². The Bertz CT molecular complexity index is 737. The van der Waals surface area contributed by atoms with Gasteiger partial charge in [-0.2, -0.15) is 5.26 Å². The van der Waals surface area contributed by atoms with Crippen LogP contribution in [0, 0.1) is 11.3 Å². The second-order valence-electron chi connectivity index (χ2n) is 5.92. The molecule has 0 unspecified atom stereocenters. The summed E-state index contributed by atoms with van der Waals surface area (Å²) in [6, 6.07) is 6.89. The first-order valence-corrected chi connectivity index (χ1v) is 7.24. The van der Waals surface area contributed by atoms with Crippen LogP contribution in [0.15, 0.2) is 24.3 Å². The van der Waals surface area contributed by atoms with Crippen LogP contribution in [0.2, 0.25) is 0 Å². The Balaban J connectivity index is 1.93. The fourth-order valence-electron chi connectivity index (χ4n) is 2.96. The third kappa shape index (κ3) is 2.23. The molecule has 1 aromatic carbocycles. The van der Waals surface area contributed by atoms with Gasteiger partial charge in [-0.3, -0.25) is 4.79 Å². The smallest absolute Gasteiger partial charge is 0.329 e. The summed E-state index contributed by atoms with van der Waals surface area (Å²) in [5.74, 6) is -1.06. The molecular weight excluding hydrogens is 298 g/mol. The summed E-state index contributed by atoms with van der Waals surface area (Å²) in [6.07, 6.45) is -0.0311. The lowest BCUT2D eigenvalue weighted by atomic mass is 9.91. The molecular formula is C16H15N3O4. The van der Waals surface area contributed by atoms with Crippen molar-refractivity contribution in [3.8, 4) is 6.07 Å². The summed E-state index contributed by atoms with van der Waals surface area (Å²) in [5, 5.41) is 11.5. The maximum atomic E-state index is 12.8. The second-order valence-corrected chi connectivity index (χ2v) is 5.92. The molecule has 2 heterocycles. The number of imide groups is 1. The van der Waals surface area contributed by atoms with Crippen LogP contribution < -0.4 is 5.32 Å². The molecule has 0 spiro atoms. The Kier molecular flexibility index (Phi) is 3.33. The van der Waals surface area contributed by atoms with E-state index < -0.39 is 29.5 Å². The molecule has 0 aliphatic carbocycles. The highest BCUT2D eigenvalue weighted by Crippen LogP contribution is 2.33. The predicted octanol–water partition coefficient (Wildman–Crippen LogP) is 1.03. The van der Waals surface area contributed by atoms with Crippen LogP contribution in [0.3, 0.4) is 0 Å². The third-order valence-corrected chi connectivity index (χ3v) is 4.27. The third-order valence-electron chi connectivity index (χ3n) is 4.27. The van der Waals surface area contributed by atoms with Crippen molar-refractivity contribution in [2.24, 2.45) is 0 Å². The standard InChI is InChI=1S/C16H15N3O4/c1-9-7-12(13(20)23-9)19-14(21)16(2,18-15(19)22)11-5-3-10(8-17)4-6-11/h3-6,9,12H,7H2,1-2H3,(H,18,22)/t9-,12-,16-/m1/s1. The first-order valence-electron chi connectivity index (χ1n) is 7.24. The molecule has 0 saturated carbocycles. The van der Waals surface area contributed by atoms with Crippen molar-refractivity contribution in [3.63, 3.8) is 0 Å². The number of esters is 1. The van der Waals surface area contributed by atoms with Crippen molar-refractivity contribution in [3.05, 3.63) is 35.4 Å². The zero-order chi connectivity index (χ0) is 16.8. The highest BCUT2D eigenvalue weighted by atomic mass is 16.6. The highest BCUT2D eigenvalue weighted by molar-refractivity contribution is 6.09. The van der Waals surface area contributed by atoms with E-state index in [1.165, 1.54) is 0 Å². The van der Waals surface area contributed by atoms with Crippen molar-refractivity contribution < 1.29 is 19.1 Å². The summed E-state index contributed by atoms with van der Waals surface area (Å²) in [4.78, 5) is 37.9. The number of ether oxygens (including phenoxy) is 1. The maximum absolute atomic E-state index is 12.8. The summed E-state index contributed by atoms with van der Waals surface area (Å²) >= 11 is 0. The second kappa shape index (κ2) is 5.09. The van der Waals surface area contributed by atoms with Crippen LogP contribution >= 0.6 is 0 Å². The molecule has 23 heavy (non-hydrogen) atoms. The van der Waals surface area contributed by atoms with Gasteiger partial charge in [-0.05, 0) is 31.5 Å². The molecule has 1 aromatic rings. The first kappa shape index (κ1) is 15.0. The van der Waals surface area contributed by atoms with E-state index in [1.54, 1.807) is 38.1 Å². The fraction of sp³-hybridized carbons (Fsp3) is 0.375. The minimum Gasteiger partial charge on any atom is -0.461 e. The highest BCUT2D eigenvalue weighted by Gasteiger charge is 2.54. The topological polar surface area (TPSA) is 99.5 Å². The molecule has 0 bridgehead atoms. The average Bonchev–Trinajstić information content (AvgIpc) is 2.96. The minimum absolute atomic E-state index is 0.293. The van der Waals surface area contributed by atoms with Gasteiger partial charge in [0.2, 0.25) is 0 Å². The Hall–Kier alpha value is -2.88. The van der Waals surface area contributed by atoms with E-state index in [2.05, 4.69) is 5.32 Å². The molecule has 7 nitrogen and oxygen atoms in total. The molecule has 118 valence electrons. The largest absolute Gasteiger partial charge is 0.461 e. The van der Waals surface area contributed by atoms with Crippen LogP contribution in [0.4, 0.5) is 4.79 Å². The maximum Gasteiger partial charge on any atom is 0.329 e. The molecule has 2 saturated heterocycles. The van der Waals surface area contributed by atoms with E-state index in [0.29, 0.717) is 17.5 Å². The Morgan fingerprint density at radius 2 is 1.96 bits per heavy atom. The van der Waals surface area contributed by atoms with Gasteiger partial charge in [-0.25, -0.2) is 14.5 Å². The molecule has 2 aliphatic heterocycles. The van der Waals surface area contributed by atoms with Gasteiger partial charge in [0.1, 0.15) is 17.7 Å². The van der Waals surface area contributed by atoms with Crippen molar-refractivity contribution >= 4 is 17.9 Å². The fourth-order valence-corrected chi connectivity index (χ4v) is 2.96. The van der Waals surface area contributed by atoms with Gasteiger partial charge in [0.05, 0.1) is 11.6 Å². The number of benzene rings is 1. The number of carbonyl (C=O) groups excluding carboxylic acids is 3. The Labute approximate surface area is 132 Å². The Morgan fingerprint density at radius 1 is 1.30 bits per heavy atom. The quantitative estimate of drug-likeness (QED) is 0.649. The van der Waals surface area contributed by atoms with Crippen LogP contribution in [-0.4, -0.2) is 35.0 Å². The van der Waals surface area contributed by atoms with Crippen LogP contribution in [0.1, 0.15) is 31.4 Å². The lowest BCUT2D eigenvalue weighted by molar-refractivity contribution is -0.147. The zero-order valence-corrected chi connectivity index (χ0v) is 12.7. The number of cyclic esters (lactones) is 1. The van der Waals surface area contributed by atoms with Crippen LogP contribution in [0.5, 0.6) is 0 Å². The summed E-state index contributed by atoms with van der Waals surface area (Å²) < 4.78 is 5.04. The predicted molar refractivity (Wildman–Crippen MR) is 77.8 cm³/mol. The van der Waals surface area contributed by atoms with E-state index in [-0.39, 0.29) is 6.10 Å². The minimum atomic E-state index is -1.27. The van der Waals surface area contributed by atoms with E-state index in [4.69, 9.17) is 10.00 Å². The molecule has 0 radical (unpaired) electrons. The van der Waals surface area contributed by atoms with Gasteiger partial charge < -0.3 is 10.1 Å². The number of hydrogen-bond donors (Lipinski definition) is 1. The number of nitrogens with zero attached hydrogens (tertiary/aromatic N) is 2. The molecule has 0 aromatic heterocycles. The first-order chi connectivity index (χ1) is 10.9. The van der Waals surface area contributed by atoms with Gasteiger partial charge >= 0.3 is 12.0 Å². The number of rotatable bonds is 2. The molecule has 1 N–H and O–H groups in total. The summed E-state index contributed by atoms with van der Waals surface area (Å²) in [5.41, 5.74) is -0.257. The lowest BCUT2D eigenvalue weighted by Crippen LogP contribution is -2.45. The zero-order valence-electron chi connectivity index (χ0n) is 12.7. The van der Waals surface area contributed by atoms with Gasteiger partial charge in [0.25, 0.3) is 5.91 Å². The van der Waals surface area contributed by atoms with Gasteiger partial charge in [0, 0.05) is 6.42 Å². The number of hydrogen-bond acceptors (Lipinski definition) is 5. The molecule has 3 atom stereocenters. The van der Waals surface area contributed by atoms with Crippen LogP contribution in [-0.2, 0) is 19.9 Å². The number of nitrogens with one attached hydrogen (secondary N) is 1. The number of urea groups is 1. The van der Waals surface area contributed by atoms with Crippen molar-refractivity contribution in [2.75, 3.05) is 0 Å². The monoisotopic (exact) mass is 313 g/mol. The van der Waals surface area contributed by atoms with Crippen LogP contribution in [0.25, 0.3) is 0 Å². The van der Waals surface area contributed by atoms with E-state index in [9.17, 15) is 14.4 Å². The molecule has 3 rings (SSSR count). The van der Waals surface area contributed by atoms with Crippen molar-refractivity contribution in [1.82, 2.24) is 10.2 Å². The van der Waals surface area contributed by atoms with Crippen molar-refractivity contribution in [1.29, 1.82) is 5.26 Å². The van der Waals surface area contributed by atoms with Gasteiger partial charge in [-0.1, -0.05) is 12.1 Å². The molecule has 7 heteroatoms. The normalized spacial score (nSPS) is 30.1. The number of carbonyl (C=O) groups is 3. The molecule has 2 fully saturated rings. The lowest BCUT2D eigenvalue weighted by Gasteiger charge is -2.23. The number of nitriles is 1. The van der Waals surface area contributed by atoms with Gasteiger partial charge in [-0.15, -0.1) is 0 Å². The summed E-state index contributed by atoms with van der Waals surface area (Å²) in [7, 11) is 0. The van der Waals surface area contributed by atoms with Gasteiger partial charge in [0.15, 0.2) is 0 Å². The van der Waals surface area contributed by atoms with E-state index in [0.717, 1.165) is 4.90 Å². The SMILES string of the molecule is C[C@@H]1C[C@@H](N2C(=O)N[C@](C)(c3ccc(C#N)cc3)C2=O)C(=O)O1. The summed E-state index contributed by atoms with van der Waals surface area (Å²) in [6.45, 7) is 3.30. The van der Waals surface area contributed by atoms with E-state index >= 15 is 0 Å². The van der Waals surface area contributed by atoms with Crippen molar-refractivity contribution in [2.45, 2.75) is 38.0 Å².